The summed E-state index contributed by atoms with van der Waals surface area (Å²) in [6.07, 6.45) is 16.1. The minimum atomic E-state index is 0.0249. The van der Waals surface area contributed by atoms with Crippen molar-refractivity contribution in [3.8, 4) is 0 Å². The number of fused-ring (bicyclic) bond motifs is 1. The molecule has 0 fully saturated rings. The van der Waals surface area contributed by atoms with Crippen molar-refractivity contribution in [2.24, 2.45) is 0 Å². The van der Waals surface area contributed by atoms with E-state index in [1.807, 2.05) is 0 Å². The standard InChI is InChI=1S/C29H36N2/c1-28(2,23-17-12-14-19-25(23)30-5)22-16-10-8-7-9-11-21-27-29(3,4)24-18-13-15-20-26(24)31(27)6/h7-21,30H,22H2,1-6H3/p+1/b8-7+,11-9+,16-10+,27-21+. The van der Waals surface area contributed by atoms with E-state index in [4.69, 9.17) is 0 Å². The molecule has 2 N–H and O–H groups in total. The Morgan fingerprint density at radius 2 is 1.55 bits per heavy atom. The fraction of sp³-hybridized carbons (Fsp3) is 0.310. The first-order chi connectivity index (χ1) is 14.8. The van der Waals surface area contributed by atoms with Crippen LogP contribution < -0.4 is 10.2 Å². The van der Waals surface area contributed by atoms with Gasteiger partial charge in [0.1, 0.15) is 5.69 Å². The molecular formula is C29H37N2+. The first-order valence-electron chi connectivity index (χ1n) is 11.2. The van der Waals surface area contributed by atoms with Crippen LogP contribution in [0.25, 0.3) is 0 Å². The molecule has 2 aromatic rings. The molecular weight excluding hydrogens is 376 g/mol. The third-order valence-electron chi connectivity index (χ3n) is 6.40. The second-order valence-electron chi connectivity index (χ2n) is 9.41. The maximum absolute atomic E-state index is 2.31. The second kappa shape index (κ2) is 9.53. The first-order valence-corrected chi connectivity index (χ1v) is 11.2. The molecule has 0 spiro atoms. The molecule has 2 aromatic carbocycles. The SMILES string of the molecule is C[NH2+]c1ccccc1C(C)(C)C/C=C/C=C/C=C/C=C1/N(C)c2ccccc2C1(C)C. The summed E-state index contributed by atoms with van der Waals surface area (Å²) in [4.78, 5) is 2.30. The van der Waals surface area contributed by atoms with Crippen LogP contribution in [0.1, 0.15) is 45.2 Å². The summed E-state index contributed by atoms with van der Waals surface area (Å²) >= 11 is 0. The molecule has 162 valence electrons. The van der Waals surface area contributed by atoms with Crippen molar-refractivity contribution >= 4 is 11.4 Å². The molecule has 2 nitrogen and oxygen atoms in total. The van der Waals surface area contributed by atoms with Gasteiger partial charge in [-0.3, -0.25) is 0 Å². The number of hydrogen-bond donors (Lipinski definition) is 1. The van der Waals surface area contributed by atoms with E-state index in [2.05, 4.69) is 143 Å². The number of hydrogen-bond acceptors (Lipinski definition) is 1. The van der Waals surface area contributed by atoms with Gasteiger partial charge in [-0.05, 0) is 35.6 Å². The summed E-state index contributed by atoms with van der Waals surface area (Å²) in [5.41, 5.74) is 6.88. The number of rotatable bonds is 7. The monoisotopic (exact) mass is 413 g/mol. The van der Waals surface area contributed by atoms with Gasteiger partial charge in [-0.1, -0.05) is 101 Å². The first kappa shape index (κ1) is 22.8. The van der Waals surface area contributed by atoms with E-state index in [-0.39, 0.29) is 10.8 Å². The summed E-state index contributed by atoms with van der Waals surface area (Å²) in [6.45, 7) is 9.22. The van der Waals surface area contributed by atoms with E-state index < -0.39 is 0 Å². The number of nitrogens with two attached hydrogens (primary N) is 1. The number of para-hydroxylation sites is 2. The Morgan fingerprint density at radius 1 is 0.903 bits per heavy atom. The molecule has 2 heteroatoms. The van der Waals surface area contributed by atoms with Crippen molar-refractivity contribution in [1.82, 2.24) is 0 Å². The van der Waals surface area contributed by atoms with Gasteiger partial charge in [0.05, 0.1) is 7.05 Å². The quantitative estimate of drug-likeness (QED) is 0.426. The molecule has 0 bridgehead atoms. The van der Waals surface area contributed by atoms with Crippen LogP contribution >= 0.6 is 0 Å². The van der Waals surface area contributed by atoms with Gasteiger partial charge in [-0.25, -0.2) is 0 Å². The molecule has 0 aliphatic carbocycles. The van der Waals surface area contributed by atoms with Crippen LogP contribution in [0.2, 0.25) is 0 Å². The molecule has 1 heterocycles. The number of nitrogens with zero attached hydrogens (tertiary/aromatic N) is 1. The number of quaternary nitrogens is 1. The van der Waals surface area contributed by atoms with Gasteiger partial charge in [0.15, 0.2) is 0 Å². The highest BCUT2D eigenvalue weighted by Crippen LogP contribution is 2.46. The lowest BCUT2D eigenvalue weighted by molar-refractivity contribution is -0.540. The summed E-state index contributed by atoms with van der Waals surface area (Å²) in [5.74, 6) is 0. The molecule has 0 unspecified atom stereocenters. The smallest absolute Gasteiger partial charge is 0.133 e. The van der Waals surface area contributed by atoms with Crippen LogP contribution in [0.4, 0.5) is 11.4 Å². The van der Waals surface area contributed by atoms with Crippen LogP contribution in [-0.4, -0.2) is 14.1 Å². The van der Waals surface area contributed by atoms with Gasteiger partial charge in [0.25, 0.3) is 0 Å². The summed E-state index contributed by atoms with van der Waals surface area (Å²) in [5, 5.41) is 2.20. The van der Waals surface area contributed by atoms with Crippen molar-refractivity contribution in [3.05, 3.63) is 108 Å². The van der Waals surface area contributed by atoms with Gasteiger partial charge < -0.3 is 10.2 Å². The highest BCUT2D eigenvalue weighted by Gasteiger charge is 2.37. The highest BCUT2D eigenvalue weighted by molar-refractivity contribution is 5.70. The Balaban J connectivity index is 1.60. The van der Waals surface area contributed by atoms with Gasteiger partial charge in [0, 0.05) is 29.4 Å². The lowest BCUT2D eigenvalue weighted by atomic mass is 9.80. The Hall–Kier alpha value is -2.84. The zero-order valence-corrected chi connectivity index (χ0v) is 19.9. The molecule has 0 aromatic heterocycles. The second-order valence-corrected chi connectivity index (χ2v) is 9.41. The molecule has 0 saturated carbocycles. The number of anilines is 1. The Bertz CT molecular complexity index is 1020. The average Bonchev–Trinajstić information content (AvgIpc) is 2.96. The number of benzene rings is 2. The van der Waals surface area contributed by atoms with Crippen molar-refractivity contribution in [2.75, 3.05) is 19.0 Å². The third kappa shape index (κ3) is 4.91. The van der Waals surface area contributed by atoms with E-state index in [0.29, 0.717) is 0 Å². The van der Waals surface area contributed by atoms with Gasteiger partial charge in [0.2, 0.25) is 0 Å². The van der Waals surface area contributed by atoms with Gasteiger partial charge >= 0.3 is 0 Å². The Kier molecular flexibility index (Phi) is 7.02. The molecule has 0 amide bonds. The van der Waals surface area contributed by atoms with Crippen LogP contribution in [-0.2, 0) is 10.8 Å². The molecule has 1 aliphatic rings. The lowest BCUT2D eigenvalue weighted by Crippen LogP contribution is -2.73. The fourth-order valence-electron chi connectivity index (χ4n) is 4.56. The predicted octanol–water partition coefficient (Wildman–Crippen LogP) is 6.16. The average molecular weight is 414 g/mol. The van der Waals surface area contributed by atoms with Crippen LogP contribution in [0.15, 0.2) is 96.8 Å². The van der Waals surface area contributed by atoms with Crippen molar-refractivity contribution in [2.45, 2.75) is 44.9 Å². The molecule has 1 aliphatic heterocycles. The van der Waals surface area contributed by atoms with Crippen molar-refractivity contribution < 1.29 is 5.32 Å². The normalized spacial score (nSPS) is 17.5. The Labute approximate surface area is 188 Å². The van der Waals surface area contributed by atoms with E-state index >= 15 is 0 Å². The van der Waals surface area contributed by atoms with E-state index in [1.54, 1.807) is 0 Å². The van der Waals surface area contributed by atoms with Gasteiger partial charge in [-0.2, -0.15) is 0 Å². The third-order valence-corrected chi connectivity index (χ3v) is 6.40. The number of likely N-dealkylation sites (N-methyl/N-ethyl adjacent to an activating group) is 1. The van der Waals surface area contributed by atoms with E-state index in [9.17, 15) is 0 Å². The zero-order chi connectivity index (χ0) is 22.5. The largest absolute Gasteiger partial charge is 0.347 e. The molecule has 0 atom stereocenters. The zero-order valence-electron chi connectivity index (χ0n) is 19.9. The van der Waals surface area contributed by atoms with Crippen molar-refractivity contribution in [3.63, 3.8) is 0 Å². The summed E-state index contributed by atoms with van der Waals surface area (Å²) in [6, 6.07) is 17.4. The van der Waals surface area contributed by atoms with Crippen LogP contribution in [0.5, 0.6) is 0 Å². The Morgan fingerprint density at radius 3 is 2.29 bits per heavy atom. The van der Waals surface area contributed by atoms with Gasteiger partial charge in [-0.15, -0.1) is 0 Å². The lowest BCUT2D eigenvalue weighted by Gasteiger charge is -2.24. The highest BCUT2D eigenvalue weighted by atomic mass is 15.2. The predicted molar refractivity (Wildman–Crippen MR) is 135 cm³/mol. The summed E-state index contributed by atoms with van der Waals surface area (Å²) in [7, 11) is 4.26. The van der Waals surface area contributed by atoms with Crippen LogP contribution in [0.3, 0.4) is 0 Å². The molecule has 31 heavy (non-hydrogen) atoms. The molecule has 3 rings (SSSR count). The van der Waals surface area contributed by atoms with E-state index in [1.165, 1.54) is 28.2 Å². The summed E-state index contributed by atoms with van der Waals surface area (Å²) < 4.78 is 0. The maximum atomic E-state index is 2.31. The maximum Gasteiger partial charge on any atom is 0.133 e. The van der Waals surface area contributed by atoms with Crippen LogP contribution in [0, 0.1) is 0 Å². The van der Waals surface area contributed by atoms with Crippen molar-refractivity contribution in [1.29, 1.82) is 0 Å². The van der Waals surface area contributed by atoms with E-state index in [0.717, 1.165) is 6.42 Å². The number of allylic oxidation sites excluding steroid dienone is 8. The fourth-order valence-corrected chi connectivity index (χ4v) is 4.56. The minimum absolute atomic E-state index is 0.0249. The molecule has 0 radical (unpaired) electrons. The molecule has 0 saturated heterocycles. The topological polar surface area (TPSA) is 19.9 Å². The minimum Gasteiger partial charge on any atom is -0.347 e.